The fraction of sp³-hybridized carbons (Fsp3) is 0.400. The van der Waals surface area contributed by atoms with Gasteiger partial charge >= 0.3 is 0 Å². The molecule has 1 atom stereocenters. The molecule has 1 unspecified atom stereocenters. The maximum atomic E-state index is 11.2. The summed E-state index contributed by atoms with van der Waals surface area (Å²) in [6, 6.07) is 18.6. The van der Waals surface area contributed by atoms with Crippen LogP contribution in [0.15, 0.2) is 59.8 Å². The fourth-order valence-electron chi connectivity index (χ4n) is 4.27. The van der Waals surface area contributed by atoms with Gasteiger partial charge in [0.15, 0.2) is 0 Å². The van der Waals surface area contributed by atoms with Crippen molar-refractivity contribution in [2.24, 2.45) is 5.18 Å². The van der Waals surface area contributed by atoms with E-state index in [1.54, 1.807) is 0 Å². The van der Waals surface area contributed by atoms with E-state index in [0.29, 0.717) is 0 Å². The van der Waals surface area contributed by atoms with Crippen LogP contribution in [0.25, 0.3) is 22.0 Å². The van der Waals surface area contributed by atoms with Gasteiger partial charge < -0.3 is 9.80 Å². The first-order valence-corrected chi connectivity index (χ1v) is 11.0. The van der Waals surface area contributed by atoms with Crippen LogP contribution < -0.4 is 4.90 Å². The second-order valence-corrected chi connectivity index (χ2v) is 8.01. The lowest BCUT2D eigenvalue weighted by Gasteiger charge is -2.35. The Hall–Kier alpha value is -2.79. The van der Waals surface area contributed by atoms with Crippen molar-refractivity contribution in [1.29, 1.82) is 0 Å². The predicted octanol–water partition coefficient (Wildman–Crippen LogP) is 5.65. The largest absolute Gasteiger partial charge is 0.354 e. The van der Waals surface area contributed by atoms with Gasteiger partial charge in [-0.15, -0.1) is 0 Å². The van der Waals surface area contributed by atoms with Crippen molar-refractivity contribution in [1.82, 2.24) is 9.88 Å². The molecular formula is C25H30N4O. The summed E-state index contributed by atoms with van der Waals surface area (Å²) in [5.41, 5.74) is 3.02. The van der Waals surface area contributed by atoms with Crippen molar-refractivity contribution in [3.05, 3.63) is 65.1 Å². The molecule has 1 saturated heterocycles. The summed E-state index contributed by atoms with van der Waals surface area (Å²) >= 11 is 0. The Morgan fingerprint density at radius 2 is 1.73 bits per heavy atom. The van der Waals surface area contributed by atoms with Gasteiger partial charge in [-0.1, -0.05) is 74.0 Å². The van der Waals surface area contributed by atoms with Crippen molar-refractivity contribution >= 4 is 16.6 Å². The highest BCUT2D eigenvalue weighted by atomic mass is 16.3. The number of aromatic nitrogens is 1. The molecule has 3 aromatic rings. The van der Waals surface area contributed by atoms with Crippen molar-refractivity contribution in [3.63, 3.8) is 0 Å². The summed E-state index contributed by atoms with van der Waals surface area (Å²) in [7, 11) is 0. The van der Waals surface area contributed by atoms with Crippen LogP contribution in [0.3, 0.4) is 0 Å². The van der Waals surface area contributed by atoms with E-state index in [4.69, 9.17) is 4.98 Å². The summed E-state index contributed by atoms with van der Waals surface area (Å²) < 4.78 is 0. The summed E-state index contributed by atoms with van der Waals surface area (Å²) in [6.07, 6.45) is 1.73. The van der Waals surface area contributed by atoms with Gasteiger partial charge in [-0.3, -0.25) is 0 Å². The van der Waals surface area contributed by atoms with E-state index in [1.165, 1.54) is 10.8 Å². The number of nitrogens with zero attached hydrogens (tertiary/aromatic N) is 4. The first-order chi connectivity index (χ1) is 14.7. The van der Waals surface area contributed by atoms with Gasteiger partial charge in [0, 0.05) is 37.1 Å². The van der Waals surface area contributed by atoms with Crippen LogP contribution in [0.1, 0.15) is 38.3 Å². The van der Waals surface area contributed by atoms with Gasteiger partial charge in [-0.25, -0.2) is 4.98 Å². The van der Waals surface area contributed by atoms with Crippen molar-refractivity contribution in [2.75, 3.05) is 37.6 Å². The number of rotatable bonds is 7. The number of hydrogen-bond donors (Lipinski definition) is 0. The van der Waals surface area contributed by atoms with E-state index >= 15 is 0 Å². The van der Waals surface area contributed by atoms with Crippen LogP contribution in [0.4, 0.5) is 5.82 Å². The van der Waals surface area contributed by atoms with Gasteiger partial charge in [0.05, 0.1) is 5.69 Å². The van der Waals surface area contributed by atoms with Crippen LogP contribution in [0.5, 0.6) is 0 Å². The normalized spacial score (nSPS) is 16.0. The molecule has 0 radical (unpaired) electrons. The number of benzene rings is 2. The second kappa shape index (κ2) is 9.35. The summed E-state index contributed by atoms with van der Waals surface area (Å²) in [5, 5.41) is 5.71. The van der Waals surface area contributed by atoms with Crippen molar-refractivity contribution in [2.45, 2.75) is 32.7 Å². The standard InChI is InChI=1S/C25H30N4O/c1-3-7-23(27-30)19-10-12-20(13-11-19)24-18-21-8-5-6-9-22(21)25(26-24)29-16-14-28(4-2)15-17-29/h5-6,8-13,18,23H,3-4,7,14-17H2,1-2H3. The molecule has 1 aliphatic heterocycles. The lowest BCUT2D eigenvalue weighted by molar-refractivity contribution is 0.271. The molecule has 5 heteroatoms. The zero-order valence-corrected chi connectivity index (χ0v) is 17.9. The molecule has 2 heterocycles. The first kappa shape index (κ1) is 20.5. The van der Waals surface area contributed by atoms with Gasteiger partial charge in [0.25, 0.3) is 0 Å². The Morgan fingerprint density at radius 3 is 2.40 bits per heavy atom. The molecule has 2 aromatic carbocycles. The molecule has 0 amide bonds. The van der Waals surface area contributed by atoms with Crippen molar-refractivity contribution in [3.8, 4) is 11.3 Å². The van der Waals surface area contributed by atoms with E-state index in [0.717, 1.165) is 68.2 Å². The SMILES string of the molecule is CCCC(N=O)c1ccc(-c2cc3ccccc3c(N3CCN(CC)CC3)n2)cc1. The topological polar surface area (TPSA) is 48.8 Å². The summed E-state index contributed by atoms with van der Waals surface area (Å²) in [6.45, 7) is 9.54. The summed E-state index contributed by atoms with van der Waals surface area (Å²) in [5.74, 6) is 1.07. The van der Waals surface area contributed by atoms with Crippen LogP contribution in [0, 0.1) is 4.91 Å². The molecule has 30 heavy (non-hydrogen) atoms. The Balaban J connectivity index is 1.69. The van der Waals surface area contributed by atoms with Crippen LogP contribution in [0.2, 0.25) is 0 Å². The molecule has 0 N–H and O–H groups in total. The molecule has 156 valence electrons. The van der Waals surface area contributed by atoms with Crippen LogP contribution >= 0.6 is 0 Å². The zero-order chi connectivity index (χ0) is 20.9. The highest BCUT2D eigenvalue weighted by Gasteiger charge is 2.20. The van der Waals surface area contributed by atoms with Gasteiger partial charge in [0.1, 0.15) is 11.9 Å². The monoisotopic (exact) mass is 402 g/mol. The minimum absolute atomic E-state index is 0.265. The minimum atomic E-state index is -0.265. The van der Waals surface area contributed by atoms with Crippen molar-refractivity contribution < 1.29 is 0 Å². The third kappa shape index (κ3) is 4.21. The molecule has 0 spiro atoms. The molecule has 5 nitrogen and oxygen atoms in total. The second-order valence-electron chi connectivity index (χ2n) is 8.01. The van der Waals surface area contributed by atoms with E-state index in [-0.39, 0.29) is 6.04 Å². The lowest BCUT2D eigenvalue weighted by Crippen LogP contribution is -2.46. The number of likely N-dealkylation sites (N-methyl/N-ethyl adjacent to an activating group) is 1. The lowest BCUT2D eigenvalue weighted by atomic mass is 10.00. The Kier molecular flexibility index (Phi) is 6.38. The predicted molar refractivity (Wildman–Crippen MR) is 125 cm³/mol. The average molecular weight is 403 g/mol. The van der Waals surface area contributed by atoms with E-state index in [2.05, 4.69) is 71.3 Å². The Bertz CT molecular complexity index is 994. The van der Waals surface area contributed by atoms with Gasteiger partial charge in [-0.05, 0) is 30.0 Å². The molecule has 4 rings (SSSR count). The average Bonchev–Trinajstić information content (AvgIpc) is 2.82. The molecule has 0 bridgehead atoms. The Morgan fingerprint density at radius 1 is 1.00 bits per heavy atom. The third-order valence-electron chi connectivity index (χ3n) is 6.12. The van der Waals surface area contributed by atoms with E-state index in [9.17, 15) is 4.91 Å². The van der Waals surface area contributed by atoms with Gasteiger partial charge in [-0.2, -0.15) is 4.91 Å². The Labute approximate surface area is 178 Å². The maximum Gasteiger partial charge on any atom is 0.137 e. The van der Waals surface area contributed by atoms with Gasteiger partial charge in [0.2, 0.25) is 0 Å². The highest BCUT2D eigenvalue weighted by Crippen LogP contribution is 2.32. The van der Waals surface area contributed by atoms with E-state index in [1.807, 2.05) is 12.1 Å². The molecule has 0 aliphatic carbocycles. The number of pyridine rings is 1. The first-order valence-electron chi connectivity index (χ1n) is 11.0. The molecule has 0 saturated carbocycles. The number of nitroso groups, excluding NO2 is 1. The molecule has 1 aliphatic rings. The molecule has 1 fully saturated rings. The third-order valence-corrected chi connectivity index (χ3v) is 6.12. The quantitative estimate of drug-likeness (QED) is 0.479. The highest BCUT2D eigenvalue weighted by molar-refractivity contribution is 5.95. The number of hydrogen-bond acceptors (Lipinski definition) is 5. The number of piperazine rings is 1. The minimum Gasteiger partial charge on any atom is -0.354 e. The number of fused-ring (bicyclic) bond motifs is 1. The fourth-order valence-corrected chi connectivity index (χ4v) is 4.27. The summed E-state index contributed by atoms with van der Waals surface area (Å²) in [4.78, 5) is 21.2. The molecule has 1 aromatic heterocycles. The smallest absolute Gasteiger partial charge is 0.137 e. The number of anilines is 1. The molecular weight excluding hydrogens is 372 g/mol. The van der Waals surface area contributed by atoms with Crippen LogP contribution in [-0.2, 0) is 0 Å². The zero-order valence-electron chi connectivity index (χ0n) is 17.9. The van der Waals surface area contributed by atoms with Crippen LogP contribution in [-0.4, -0.2) is 42.6 Å². The maximum absolute atomic E-state index is 11.2. The van der Waals surface area contributed by atoms with E-state index < -0.39 is 0 Å².